The van der Waals surface area contributed by atoms with Crippen molar-refractivity contribution in [3.8, 4) is 23.3 Å². The lowest BCUT2D eigenvalue weighted by molar-refractivity contribution is 0.0342. The second-order valence-corrected chi connectivity index (χ2v) is 7.87. The molecule has 1 aliphatic heterocycles. The summed E-state index contributed by atoms with van der Waals surface area (Å²) in [5.41, 5.74) is 5.24. The van der Waals surface area contributed by atoms with Gasteiger partial charge >= 0.3 is 0 Å². The average Bonchev–Trinajstić information content (AvgIpc) is 2.88. The van der Waals surface area contributed by atoms with Crippen LogP contribution in [0.25, 0.3) is 11.1 Å². The van der Waals surface area contributed by atoms with Gasteiger partial charge in [-0.15, -0.1) is 0 Å². The Morgan fingerprint density at radius 2 is 1.86 bits per heavy atom. The maximum atomic E-state index is 10.0. The Morgan fingerprint density at radius 1 is 1.17 bits per heavy atom. The van der Waals surface area contributed by atoms with Gasteiger partial charge in [-0.3, -0.25) is 4.90 Å². The fourth-order valence-electron chi connectivity index (χ4n) is 3.62. The molecular weight excluding hydrogens is 362 g/mol. The molecule has 0 atom stereocenters. The predicted molar refractivity (Wildman–Crippen MR) is 115 cm³/mol. The smallest absolute Gasteiger partial charge is 0.102 e. The summed E-state index contributed by atoms with van der Waals surface area (Å²) in [4.78, 5) is 8.62. The summed E-state index contributed by atoms with van der Waals surface area (Å²) in [6, 6.07) is 10.9. The van der Waals surface area contributed by atoms with Crippen molar-refractivity contribution < 1.29 is 4.74 Å². The number of nitriles is 2. The standard InChI is InChI=1S/C23H27N5O/c1-16(2)17-5-6-18(14-28-7-9-29-10-8-28)22-19(11-17)20(12-24)23(21(22)13-25)26-15-27(3)4/h5-6,11,15-16H,7-10,14H2,1-4H3. The highest BCUT2D eigenvalue weighted by molar-refractivity contribution is 5.93. The van der Waals surface area contributed by atoms with Crippen molar-refractivity contribution in [2.24, 2.45) is 4.99 Å². The van der Waals surface area contributed by atoms with Gasteiger partial charge in [0.25, 0.3) is 0 Å². The number of nitrogens with zero attached hydrogens (tertiary/aromatic N) is 5. The van der Waals surface area contributed by atoms with E-state index in [1.807, 2.05) is 14.1 Å². The Morgan fingerprint density at radius 3 is 2.45 bits per heavy atom. The lowest BCUT2D eigenvalue weighted by atomic mass is 10.00. The van der Waals surface area contributed by atoms with Gasteiger partial charge in [-0.05, 0) is 23.1 Å². The van der Waals surface area contributed by atoms with Crippen LogP contribution < -0.4 is 0 Å². The molecule has 0 aromatic carbocycles. The molecule has 6 heteroatoms. The largest absolute Gasteiger partial charge is 0.379 e. The highest BCUT2D eigenvalue weighted by Gasteiger charge is 2.27. The van der Waals surface area contributed by atoms with Crippen molar-refractivity contribution in [2.75, 3.05) is 40.4 Å². The van der Waals surface area contributed by atoms with Gasteiger partial charge in [0, 0.05) is 44.9 Å². The van der Waals surface area contributed by atoms with Crippen LogP contribution in [0.5, 0.6) is 0 Å². The third-order valence-electron chi connectivity index (χ3n) is 5.18. The molecule has 1 saturated heterocycles. The lowest BCUT2D eigenvalue weighted by Crippen LogP contribution is -2.35. The highest BCUT2D eigenvalue weighted by atomic mass is 16.5. The van der Waals surface area contributed by atoms with Crippen LogP contribution in [0.2, 0.25) is 0 Å². The van der Waals surface area contributed by atoms with E-state index < -0.39 is 0 Å². The molecule has 2 aliphatic carbocycles. The molecule has 3 aliphatic rings. The van der Waals surface area contributed by atoms with Crippen LogP contribution in [-0.4, -0.2) is 56.5 Å². The Kier molecular flexibility index (Phi) is 6.49. The van der Waals surface area contributed by atoms with Crippen LogP contribution in [0.15, 0.2) is 23.2 Å². The van der Waals surface area contributed by atoms with Gasteiger partial charge in [0.2, 0.25) is 0 Å². The number of aliphatic imine (C=N–C) groups is 1. The van der Waals surface area contributed by atoms with Crippen LogP contribution in [0.4, 0.5) is 5.69 Å². The molecule has 1 fully saturated rings. The minimum atomic E-state index is 0.308. The van der Waals surface area contributed by atoms with Crippen LogP contribution in [-0.2, 0) is 11.3 Å². The summed E-state index contributed by atoms with van der Waals surface area (Å²) in [5.74, 6) is 0.308. The maximum absolute atomic E-state index is 10.0. The molecule has 0 radical (unpaired) electrons. The Labute approximate surface area is 173 Å². The molecule has 0 unspecified atom stereocenters. The number of fused-ring (bicyclic) bond motifs is 1. The van der Waals surface area contributed by atoms with E-state index in [1.54, 1.807) is 11.2 Å². The molecule has 29 heavy (non-hydrogen) atoms. The van der Waals surface area contributed by atoms with E-state index in [0.29, 0.717) is 42.5 Å². The Bertz CT molecular complexity index is 959. The molecule has 0 N–H and O–H groups in total. The molecule has 150 valence electrons. The zero-order chi connectivity index (χ0) is 21.0. The third-order valence-corrected chi connectivity index (χ3v) is 5.18. The average molecular weight is 390 g/mol. The van der Waals surface area contributed by atoms with Gasteiger partial charge < -0.3 is 9.64 Å². The first-order valence-corrected chi connectivity index (χ1v) is 9.89. The third kappa shape index (κ3) is 4.40. The molecule has 0 spiro atoms. The van der Waals surface area contributed by atoms with Crippen LogP contribution in [0.1, 0.15) is 42.0 Å². The number of ether oxygens (including phenoxy) is 1. The van der Waals surface area contributed by atoms with E-state index in [1.165, 1.54) is 0 Å². The van der Waals surface area contributed by atoms with Gasteiger partial charge in [-0.1, -0.05) is 26.0 Å². The molecule has 0 saturated carbocycles. The van der Waals surface area contributed by atoms with E-state index in [9.17, 15) is 10.5 Å². The topological polar surface area (TPSA) is 75.7 Å². The molecule has 0 aromatic rings. The molecule has 0 bridgehead atoms. The van der Waals surface area contributed by atoms with Crippen molar-refractivity contribution >= 4 is 12.0 Å². The monoisotopic (exact) mass is 389 g/mol. The second kappa shape index (κ2) is 9.05. The van der Waals surface area contributed by atoms with E-state index in [-0.39, 0.29) is 0 Å². The van der Waals surface area contributed by atoms with E-state index >= 15 is 0 Å². The maximum Gasteiger partial charge on any atom is 0.102 e. The normalized spacial score (nSPS) is 15.0. The fourth-order valence-corrected chi connectivity index (χ4v) is 3.62. The van der Waals surface area contributed by atoms with Gasteiger partial charge in [-0.2, -0.15) is 10.5 Å². The lowest BCUT2D eigenvalue weighted by Gasteiger charge is -2.27. The summed E-state index contributed by atoms with van der Waals surface area (Å²) >= 11 is 0. The van der Waals surface area contributed by atoms with Crippen molar-refractivity contribution in [1.82, 2.24) is 9.80 Å². The van der Waals surface area contributed by atoms with Crippen molar-refractivity contribution in [3.63, 3.8) is 0 Å². The van der Waals surface area contributed by atoms with Crippen LogP contribution >= 0.6 is 0 Å². The SMILES string of the molecule is CC(C)c1ccc(CN2CCOCC2)c2c(C#N)c(N=CN(C)C)c(C#N)c-2c1. The second-order valence-electron chi connectivity index (χ2n) is 7.87. The Hall–Kier alpha value is -2.93. The summed E-state index contributed by atoms with van der Waals surface area (Å²) in [7, 11) is 3.73. The molecule has 3 rings (SSSR count). The predicted octanol–water partition coefficient (Wildman–Crippen LogP) is 3.71. The van der Waals surface area contributed by atoms with E-state index in [0.717, 1.165) is 35.3 Å². The summed E-state index contributed by atoms with van der Waals surface area (Å²) in [6.07, 6.45) is 1.64. The van der Waals surface area contributed by atoms with Gasteiger partial charge in [0.1, 0.15) is 17.8 Å². The van der Waals surface area contributed by atoms with Crippen molar-refractivity contribution in [3.05, 3.63) is 40.5 Å². The van der Waals surface area contributed by atoms with Crippen LogP contribution in [0, 0.1) is 22.7 Å². The Balaban J connectivity index is 2.26. The first kappa shape index (κ1) is 20.8. The van der Waals surface area contributed by atoms with Gasteiger partial charge in [-0.25, -0.2) is 4.99 Å². The van der Waals surface area contributed by atoms with Crippen molar-refractivity contribution in [1.29, 1.82) is 10.5 Å². The van der Waals surface area contributed by atoms with Gasteiger partial charge in [0.05, 0.1) is 30.7 Å². The zero-order valence-electron chi connectivity index (χ0n) is 17.6. The molecule has 0 aromatic heterocycles. The zero-order valence-corrected chi connectivity index (χ0v) is 17.6. The number of rotatable bonds is 5. The number of hydrogen-bond acceptors (Lipinski definition) is 5. The van der Waals surface area contributed by atoms with Crippen molar-refractivity contribution in [2.45, 2.75) is 26.3 Å². The summed E-state index contributed by atoms with van der Waals surface area (Å²) in [5, 5.41) is 19.9. The molecule has 0 amide bonds. The molecular formula is C23H27N5O. The molecule has 1 heterocycles. The highest BCUT2D eigenvalue weighted by Crippen LogP contribution is 2.44. The number of hydrogen-bond donors (Lipinski definition) is 0. The van der Waals surface area contributed by atoms with E-state index in [4.69, 9.17) is 4.74 Å². The van der Waals surface area contributed by atoms with Gasteiger partial charge in [0.15, 0.2) is 0 Å². The molecule has 6 nitrogen and oxygen atoms in total. The fraction of sp³-hybridized carbons (Fsp3) is 0.435. The first-order chi connectivity index (χ1) is 14.0. The van der Waals surface area contributed by atoms with Crippen LogP contribution in [0.3, 0.4) is 0 Å². The first-order valence-electron chi connectivity index (χ1n) is 9.89. The quantitative estimate of drug-likeness (QED) is 0.575. The minimum Gasteiger partial charge on any atom is -0.379 e. The summed E-state index contributed by atoms with van der Waals surface area (Å²) in [6.45, 7) is 8.13. The minimum absolute atomic E-state index is 0.308. The van der Waals surface area contributed by atoms with E-state index in [2.05, 4.69) is 54.1 Å². The number of morpholine rings is 1. The summed E-state index contributed by atoms with van der Waals surface area (Å²) < 4.78 is 5.47.